The zero-order valence-corrected chi connectivity index (χ0v) is 10.7. The van der Waals surface area contributed by atoms with Crippen molar-refractivity contribution < 1.29 is 13.2 Å². The molecular weight excluding hydrogens is 229 g/mol. The smallest absolute Gasteiger partial charge is 0.298 e. The van der Waals surface area contributed by atoms with Gasteiger partial charge in [-0.05, 0) is 26.8 Å². The van der Waals surface area contributed by atoms with E-state index in [0.717, 1.165) is 19.5 Å². The molecule has 0 aliphatic carbocycles. The van der Waals surface area contributed by atoms with Gasteiger partial charge in [-0.2, -0.15) is 13.2 Å². The van der Waals surface area contributed by atoms with Gasteiger partial charge in [-0.25, -0.2) is 0 Å². The molecule has 17 heavy (non-hydrogen) atoms. The van der Waals surface area contributed by atoms with Gasteiger partial charge in [0, 0.05) is 31.2 Å². The SMILES string of the molecule is CCN1C[C@@H](N2CC(C(F)(F)F)C2)CC1(C)C. The van der Waals surface area contributed by atoms with Crippen LogP contribution in [0.2, 0.25) is 0 Å². The van der Waals surface area contributed by atoms with Gasteiger partial charge in [0.2, 0.25) is 0 Å². The first-order valence-electron chi connectivity index (χ1n) is 6.30. The van der Waals surface area contributed by atoms with E-state index >= 15 is 0 Å². The quantitative estimate of drug-likeness (QED) is 0.742. The molecule has 0 aromatic heterocycles. The summed E-state index contributed by atoms with van der Waals surface area (Å²) in [5, 5.41) is 0. The molecule has 2 heterocycles. The Morgan fingerprint density at radius 3 is 2.18 bits per heavy atom. The highest BCUT2D eigenvalue weighted by atomic mass is 19.4. The molecule has 0 N–H and O–H groups in total. The maximum atomic E-state index is 12.4. The van der Waals surface area contributed by atoms with Crippen molar-refractivity contribution in [1.29, 1.82) is 0 Å². The van der Waals surface area contributed by atoms with Crippen LogP contribution in [0.15, 0.2) is 0 Å². The van der Waals surface area contributed by atoms with E-state index in [-0.39, 0.29) is 18.6 Å². The first-order chi connectivity index (χ1) is 7.74. The largest absolute Gasteiger partial charge is 0.394 e. The molecule has 0 radical (unpaired) electrons. The number of halogens is 3. The van der Waals surface area contributed by atoms with Crippen molar-refractivity contribution in [2.75, 3.05) is 26.2 Å². The normalized spacial score (nSPS) is 31.8. The molecule has 0 aromatic carbocycles. The van der Waals surface area contributed by atoms with Crippen molar-refractivity contribution >= 4 is 0 Å². The number of likely N-dealkylation sites (tertiary alicyclic amines) is 2. The maximum Gasteiger partial charge on any atom is 0.394 e. The molecule has 0 amide bonds. The fraction of sp³-hybridized carbons (Fsp3) is 1.00. The van der Waals surface area contributed by atoms with Crippen LogP contribution < -0.4 is 0 Å². The molecule has 0 bridgehead atoms. The summed E-state index contributed by atoms with van der Waals surface area (Å²) < 4.78 is 37.3. The summed E-state index contributed by atoms with van der Waals surface area (Å²) in [6.07, 6.45) is -3.03. The van der Waals surface area contributed by atoms with E-state index in [1.807, 2.05) is 4.90 Å². The summed E-state index contributed by atoms with van der Waals surface area (Å²) in [5.41, 5.74) is 0.128. The fourth-order valence-corrected chi connectivity index (χ4v) is 3.09. The van der Waals surface area contributed by atoms with E-state index in [1.54, 1.807) is 0 Å². The van der Waals surface area contributed by atoms with Crippen LogP contribution in [0.4, 0.5) is 13.2 Å². The molecule has 2 fully saturated rings. The predicted molar refractivity (Wildman–Crippen MR) is 60.8 cm³/mol. The monoisotopic (exact) mass is 250 g/mol. The lowest BCUT2D eigenvalue weighted by molar-refractivity contribution is -0.213. The maximum absolute atomic E-state index is 12.4. The van der Waals surface area contributed by atoms with Gasteiger partial charge in [0.1, 0.15) is 0 Å². The Labute approximate surface area is 101 Å². The number of hydrogen-bond donors (Lipinski definition) is 0. The molecular formula is C12H21F3N2. The molecule has 2 nitrogen and oxygen atoms in total. The van der Waals surface area contributed by atoms with Crippen molar-refractivity contribution in [2.24, 2.45) is 5.92 Å². The zero-order chi connectivity index (χ0) is 12.8. The highest BCUT2D eigenvalue weighted by Gasteiger charge is 2.51. The van der Waals surface area contributed by atoms with Gasteiger partial charge >= 0.3 is 6.18 Å². The van der Waals surface area contributed by atoms with Crippen molar-refractivity contribution in [3.63, 3.8) is 0 Å². The van der Waals surface area contributed by atoms with E-state index in [4.69, 9.17) is 0 Å². The molecule has 2 saturated heterocycles. The summed E-state index contributed by atoms with van der Waals surface area (Å²) >= 11 is 0. The Morgan fingerprint density at radius 1 is 1.18 bits per heavy atom. The Kier molecular flexibility index (Phi) is 3.19. The summed E-state index contributed by atoms with van der Waals surface area (Å²) in [6, 6.07) is 0.309. The van der Waals surface area contributed by atoms with Crippen LogP contribution >= 0.6 is 0 Å². The number of alkyl halides is 3. The summed E-state index contributed by atoms with van der Waals surface area (Å²) in [7, 11) is 0. The van der Waals surface area contributed by atoms with Crippen LogP contribution in [0.3, 0.4) is 0 Å². The van der Waals surface area contributed by atoms with Crippen LogP contribution in [0.5, 0.6) is 0 Å². The van der Waals surface area contributed by atoms with Gasteiger partial charge in [0.25, 0.3) is 0 Å². The highest BCUT2D eigenvalue weighted by molar-refractivity contribution is 5.00. The van der Waals surface area contributed by atoms with Gasteiger partial charge in [-0.1, -0.05) is 6.92 Å². The van der Waals surface area contributed by atoms with Gasteiger partial charge in [0.05, 0.1) is 5.92 Å². The lowest BCUT2D eigenvalue weighted by Crippen LogP contribution is -2.57. The molecule has 0 aromatic rings. The van der Waals surface area contributed by atoms with Crippen LogP contribution in [0.25, 0.3) is 0 Å². The van der Waals surface area contributed by atoms with Crippen LogP contribution in [0.1, 0.15) is 27.2 Å². The van der Waals surface area contributed by atoms with Crippen molar-refractivity contribution in [3.8, 4) is 0 Å². The lowest BCUT2D eigenvalue weighted by Gasteiger charge is -2.43. The second-order valence-electron chi connectivity index (χ2n) is 5.90. The van der Waals surface area contributed by atoms with E-state index in [9.17, 15) is 13.2 Å². The van der Waals surface area contributed by atoms with Gasteiger partial charge in [-0.15, -0.1) is 0 Å². The van der Waals surface area contributed by atoms with Crippen LogP contribution in [-0.4, -0.2) is 53.7 Å². The zero-order valence-electron chi connectivity index (χ0n) is 10.7. The summed E-state index contributed by atoms with van der Waals surface area (Å²) in [6.45, 7) is 8.74. The minimum absolute atomic E-state index is 0.128. The lowest BCUT2D eigenvalue weighted by atomic mass is 9.93. The van der Waals surface area contributed by atoms with Crippen LogP contribution in [0, 0.1) is 5.92 Å². The minimum atomic E-state index is -4.00. The van der Waals surface area contributed by atoms with Crippen molar-refractivity contribution in [1.82, 2.24) is 9.80 Å². The Hall–Kier alpha value is -0.290. The molecule has 2 aliphatic heterocycles. The standard InChI is InChI=1S/C12H21F3N2/c1-4-17-8-10(5-11(17,2)3)16-6-9(7-16)12(13,14)15/h9-10H,4-8H2,1-3H3/t10-/m0/s1. The van der Waals surface area contributed by atoms with Crippen molar-refractivity contribution in [3.05, 3.63) is 0 Å². The van der Waals surface area contributed by atoms with E-state index in [2.05, 4.69) is 25.7 Å². The molecule has 1 atom stereocenters. The average molecular weight is 250 g/mol. The number of rotatable bonds is 2. The Bertz CT molecular complexity index is 282. The summed E-state index contributed by atoms with van der Waals surface area (Å²) in [5.74, 6) is -1.10. The van der Waals surface area contributed by atoms with Gasteiger partial charge in [0.15, 0.2) is 0 Å². The third-order valence-corrected chi connectivity index (χ3v) is 4.29. The predicted octanol–water partition coefficient (Wildman–Crippen LogP) is 2.35. The van der Waals surface area contributed by atoms with Gasteiger partial charge < -0.3 is 0 Å². The highest BCUT2D eigenvalue weighted by Crippen LogP contribution is 2.38. The minimum Gasteiger partial charge on any atom is -0.298 e. The molecule has 0 saturated carbocycles. The van der Waals surface area contributed by atoms with Crippen LogP contribution in [-0.2, 0) is 0 Å². The molecule has 5 heteroatoms. The van der Waals surface area contributed by atoms with E-state index < -0.39 is 12.1 Å². The van der Waals surface area contributed by atoms with E-state index in [1.165, 1.54) is 0 Å². The molecule has 2 rings (SSSR count). The Morgan fingerprint density at radius 2 is 1.76 bits per heavy atom. The third kappa shape index (κ3) is 2.45. The number of likely N-dealkylation sites (N-methyl/N-ethyl adjacent to an activating group) is 1. The third-order valence-electron chi connectivity index (χ3n) is 4.29. The topological polar surface area (TPSA) is 6.48 Å². The number of hydrogen-bond acceptors (Lipinski definition) is 2. The van der Waals surface area contributed by atoms with Gasteiger partial charge in [-0.3, -0.25) is 9.80 Å². The van der Waals surface area contributed by atoms with Crippen molar-refractivity contribution in [2.45, 2.75) is 44.9 Å². The average Bonchev–Trinajstić information content (AvgIpc) is 2.35. The molecule has 2 aliphatic rings. The first kappa shape index (κ1) is 13.1. The second kappa shape index (κ2) is 4.12. The number of nitrogens with zero attached hydrogens (tertiary/aromatic N) is 2. The fourth-order valence-electron chi connectivity index (χ4n) is 3.09. The molecule has 0 unspecified atom stereocenters. The first-order valence-corrected chi connectivity index (χ1v) is 6.30. The summed E-state index contributed by atoms with van der Waals surface area (Å²) in [4.78, 5) is 4.36. The Balaban J connectivity index is 1.88. The van der Waals surface area contributed by atoms with E-state index in [0.29, 0.717) is 6.04 Å². The second-order valence-corrected chi connectivity index (χ2v) is 5.90. The molecule has 0 spiro atoms. The molecule has 100 valence electrons.